The number of hydrogen-bond acceptors (Lipinski definition) is 3. The monoisotopic (exact) mass is 159 g/mol. The number of aliphatic hydroxyl groups excluding tert-OH is 1. The van der Waals surface area contributed by atoms with Gasteiger partial charge in [-0.15, -0.1) is 0 Å². The predicted octanol–water partition coefficient (Wildman–Crippen LogP) is 0.310. The molecule has 0 saturated heterocycles. The van der Waals surface area contributed by atoms with Gasteiger partial charge in [-0.25, -0.2) is 0 Å². The van der Waals surface area contributed by atoms with Gasteiger partial charge >= 0.3 is 0 Å². The minimum Gasteiger partial charge on any atom is -0.386 e. The van der Waals surface area contributed by atoms with Gasteiger partial charge in [0.05, 0.1) is 5.54 Å². The first-order valence-corrected chi connectivity index (χ1v) is 3.81. The maximum absolute atomic E-state index is 11.2. The Labute approximate surface area is 67.6 Å². The molecule has 0 bridgehead atoms. The molecule has 0 aromatic carbocycles. The van der Waals surface area contributed by atoms with Crippen molar-refractivity contribution in [3.63, 3.8) is 0 Å². The summed E-state index contributed by atoms with van der Waals surface area (Å²) in [5.41, 5.74) is 4.79. The molecule has 3 nitrogen and oxygen atoms in total. The largest absolute Gasteiger partial charge is 0.386 e. The molecule has 0 aromatic heterocycles. The number of ketones is 1. The second-order valence-corrected chi connectivity index (χ2v) is 3.48. The third-order valence-corrected chi connectivity index (χ3v) is 2.11. The van der Waals surface area contributed by atoms with Crippen molar-refractivity contribution in [2.45, 2.75) is 39.3 Å². The first kappa shape index (κ1) is 10.6. The normalized spacial score (nSPS) is 19.5. The van der Waals surface area contributed by atoms with Crippen molar-refractivity contribution in [3.8, 4) is 0 Å². The molecule has 0 rings (SSSR count). The summed E-state index contributed by atoms with van der Waals surface area (Å²) in [6, 6.07) is 0. The molecule has 0 fully saturated rings. The Kier molecular flexibility index (Phi) is 3.20. The molecule has 3 N–H and O–H groups in total. The molecular formula is C8H17NO2. The van der Waals surface area contributed by atoms with Crippen LogP contribution in [0.4, 0.5) is 0 Å². The zero-order valence-electron chi connectivity index (χ0n) is 7.59. The van der Waals surface area contributed by atoms with E-state index in [0.29, 0.717) is 0 Å². The molecule has 0 aliphatic carbocycles. The third-order valence-electron chi connectivity index (χ3n) is 2.11. The maximum atomic E-state index is 11.2. The fourth-order valence-electron chi connectivity index (χ4n) is 0.735. The van der Waals surface area contributed by atoms with Crippen LogP contribution < -0.4 is 5.73 Å². The maximum Gasteiger partial charge on any atom is 0.180 e. The summed E-state index contributed by atoms with van der Waals surface area (Å²) >= 11 is 0. The molecule has 0 saturated carbocycles. The molecule has 3 heteroatoms. The Balaban J connectivity index is 4.43. The quantitative estimate of drug-likeness (QED) is 0.623. The summed E-state index contributed by atoms with van der Waals surface area (Å²) in [6.07, 6.45) is -0.965. The average Bonchev–Trinajstić information content (AvgIpc) is 1.85. The molecule has 2 unspecified atom stereocenters. The highest BCUT2D eigenvalue weighted by molar-refractivity contribution is 5.91. The van der Waals surface area contributed by atoms with Gasteiger partial charge in [0, 0.05) is 0 Å². The van der Waals surface area contributed by atoms with Gasteiger partial charge in [0.25, 0.3) is 0 Å². The Morgan fingerprint density at radius 3 is 1.91 bits per heavy atom. The van der Waals surface area contributed by atoms with E-state index in [-0.39, 0.29) is 11.7 Å². The lowest BCUT2D eigenvalue weighted by atomic mass is 9.83. The number of carbonyl (C=O) groups excluding carboxylic acids is 1. The van der Waals surface area contributed by atoms with E-state index in [2.05, 4.69) is 0 Å². The van der Waals surface area contributed by atoms with Crippen molar-refractivity contribution in [2.24, 2.45) is 11.7 Å². The van der Waals surface area contributed by atoms with Crippen molar-refractivity contribution >= 4 is 5.78 Å². The molecule has 0 aliphatic heterocycles. The molecule has 66 valence electrons. The molecule has 0 amide bonds. The van der Waals surface area contributed by atoms with Gasteiger partial charge in [-0.3, -0.25) is 4.79 Å². The van der Waals surface area contributed by atoms with Gasteiger partial charge in [0.2, 0.25) is 0 Å². The lowest BCUT2D eigenvalue weighted by Crippen LogP contribution is -2.53. The number of aliphatic hydroxyl groups is 1. The first-order chi connectivity index (χ1) is 4.80. The standard InChI is InChI=1S/C8H17NO2/c1-5(2)8(4,9)7(11)6(3)10/h5-6,10H,9H2,1-4H3. The Morgan fingerprint density at radius 1 is 1.45 bits per heavy atom. The number of rotatable bonds is 3. The van der Waals surface area contributed by atoms with Crippen LogP contribution >= 0.6 is 0 Å². The van der Waals surface area contributed by atoms with Crippen LogP contribution in [-0.2, 0) is 4.79 Å². The van der Waals surface area contributed by atoms with E-state index >= 15 is 0 Å². The van der Waals surface area contributed by atoms with E-state index in [1.807, 2.05) is 13.8 Å². The lowest BCUT2D eigenvalue weighted by Gasteiger charge is -2.28. The third kappa shape index (κ3) is 2.27. The second-order valence-electron chi connectivity index (χ2n) is 3.48. The van der Waals surface area contributed by atoms with E-state index in [9.17, 15) is 4.79 Å². The van der Waals surface area contributed by atoms with Crippen LogP contribution in [0.1, 0.15) is 27.7 Å². The van der Waals surface area contributed by atoms with Crippen molar-refractivity contribution < 1.29 is 9.90 Å². The van der Waals surface area contributed by atoms with Gasteiger partial charge in [0.15, 0.2) is 5.78 Å². The average molecular weight is 159 g/mol. The van der Waals surface area contributed by atoms with Gasteiger partial charge in [-0.2, -0.15) is 0 Å². The topological polar surface area (TPSA) is 63.3 Å². The minimum atomic E-state index is -0.965. The highest BCUT2D eigenvalue weighted by Crippen LogP contribution is 2.15. The molecular weight excluding hydrogens is 142 g/mol. The van der Waals surface area contributed by atoms with Crippen LogP contribution in [0.15, 0.2) is 0 Å². The zero-order chi connectivity index (χ0) is 9.23. The van der Waals surface area contributed by atoms with E-state index < -0.39 is 11.6 Å². The number of Topliss-reactive ketones (excluding diaryl/α,β-unsaturated/α-hetero) is 1. The molecule has 0 aromatic rings. The Morgan fingerprint density at radius 2 is 1.82 bits per heavy atom. The van der Waals surface area contributed by atoms with Crippen molar-refractivity contribution in [3.05, 3.63) is 0 Å². The zero-order valence-corrected chi connectivity index (χ0v) is 7.59. The molecule has 2 atom stereocenters. The molecule has 0 spiro atoms. The fourth-order valence-corrected chi connectivity index (χ4v) is 0.735. The van der Waals surface area contributed by atoms with Crippen molar-refractivity contribution in [1.29, 1.82) is 0 Å². The SMILES string of the molecule is CC(O)C(=O)C(C)(N)C(C)C. The summed E-state index contributed by atoms with van der Waals surface area (Å²) in [5, 5.41) is 8.98. The number of hydrogen-bond donors (Lipinski definition) is 2. The summed E-state index contributed by atoms with van der Waals surface area (Å²) < 4.78 is 0. The van der Waals surface area contributed by atoms with Crippen LogP contribution in [0.3, 0.4) is 0 Å². The van der Waals surface area contributed by atoms with Crippen LogP contribution in [0, 0.1) is 5.92 Å². The van der Waals surface area contributed by atoms with Gasteiger partial charge in [-0.1, -0.05) is 13.8 Å². The van der Waals surface area contributed by atoms with Gasteiger partial charge < -0.3 is 10.8 Å². The Bertz CT molecular complexity index is 150. The Hall–Kier alpha value is -0.410. The first-order valence-electron chi connectivity index (χ1n) is 3.81. The smallest absolute Gasteiger partial charge is 0.180 e. The van der Waals surface area contributed by atoms with E-state index in [4.69, 9.17) is 10.8 Å². The second kappa shape index (κ2) is 3.32. The number of carbonyl (C=O) groups is 1. The van der Waals surface area contributed by atoms with Crippen LogP contribution in [0.5, 0.6) is 0 Å². The number of nitrogens with two attached hydrogens (primary N) is 1. The predicted molar refractivity (Wildman–Crippen MR) is 44.1 cm³/mol. The molecule has 0 heterocycles. The molecule has 0 radical (unpaired) electrons. The van der Waals surface area contributed by atoms with E-state index in [1.165, 1.54) is 6.92 Å². The van der Waals surface area contributed by atoms with Crippen LogP contribution in [0.25, 0.3) is 0 Å². The highest BCUT2D eigenvalue weighted by Gasteiger charge is 2.34. The minimum absolute atomic E-state index is 0.0459. The summed E-state index contributed by atoms with van der Waals surface area (Å²) in [5.74, 6) is -0.253. The van der Waals surface area contributed by atoms with Crippen LogP contribution in [0.2, 0.25) is 0 Å². The van der Waals surface area contributed by atoms with Gasteiger partial charge in [0.1, 0.15) is 6.10 Å². The van der Waals surface area contributed by atoms with Crippen molar-refractivity contribution in [2.75, 3.05) is 0 Å². The van der Waals surface area contributed by atoms with Gasteiger partial charge in [-0.05, 0) is 19.8 Å². The summed E-state index contributed by atoms with van der Waals surface area (Å²) in [4.78, 5) is 11.2. The molecule has 0 aliphatic rings. The summed E-state index contributed by atoms with van der Waals surface area (Å²) in [7, 11) is 0. The van der Waals surface area contributed by atoms with Crippen LogP contribution in [-0.4, -0.2) is 22.5 Å². The van der Waals surface area contributed by atoms with E-state index in [0.717, 1.165) is 0 Å². The highest BCUT2D eigenvalue weighted by atomic mass is 16.3. The van der Waals surface area contributed by atoms with Crippen molar-refractivity contribution in [1.82, 2.24) is 0 Å². The summed E-state index contributed by atoms with van der Waals surface area (Å²) in [6.45, 7) is 6.81. The lowest BCUT2D eigenvalue weighted by molar-refractivity contribution is -0.132. The van der Waals surface area contributed by atoms with E-state index in [1.54, 1.807) is 6.92 Å². The fraction of sp³-hybridized carbons (Fsp3) is 0.875. The molecule has 11 heavy (non-hydrogen) atoms.